The molecular weight excluding hydrogens is 398 g/mol. The van der Waals surface area contributed by atoms with Gasteiger partial charge in [0.25, 0.3) is 5.56 Å². The van der Waals surface area contributed by atoms with Crippen molar-refractivity contribution in [2.45, 2.75) is 18.8 Å². The zero-order valence-corrected chi connectivity index (χ0v) is 15.0. The van der Waals surface area contributed by atoms with E-state index in [0.717, 1.165) is 23.7 Å². The molecule has 0 aliphatic rings. The minimum Gasteiger partial charge on any atom is -0.488 e. The van der Waals surface area contributed by atoms with Gasteiger partial charge in [-0.25, -0.2) is 14.2 Å². The molecule has 2 aromatic heterocycles. The zero-order valence-electron chi connectivity index (χ0n) is 15.0. The van der Waals surface area contributed by atoms with Gasteiger partial charge in [-0.2, -0.15) is 13.2 Å². The number of fused-ring (bicyclic) bond motifs is 1. The summed E-state index contributed by atoms with van der Waals surface area (Å²) in [7, 11) is 1.16. The fourth-order valence-electron chi connectivity index (χ4n) is 2.71. The summed E-state index contributed by atoms with van der Waals surface area (Å²) in [4.78, 5) is 28.3. The van der Waals surface area contributed by atoms with E-state index < -0.39 is 53.8 Å². The van der Waals surface area contributed by atoms with Gasteiger partial charge in [0, 0.05) is 7.05 Å². The lowest BCUT2D eigenvalue weighted by atomic mass is 10.2. The molecule has 0 fully saturated rings. The molecule has 3 rings (SSSR count). The molecule has 0 aliphatic carbocycles. The summed E-state index contributed by atoms with van der Waals surface area (Å²) in [5.74, 6) is -0.765. The fraction of sp³-hybridized carbons (Fsp3) is 0.278. The highest BCUT2D eigenvalue weighted by Crippen LogP contribution is 2.28. The van der Waals surface area contributed by atoms with E-state index in [2.05, 4.69) is 4.98 Å². The van der Waals surface area contributed by atoms with Gasteiger partial charge in [0.05, 0.1) is 11.9 Å². The van der Waals surface area contributed by atoms with Crippen LogP contribution >= 0.6 is 0 Å². The number of benzene rings is 1. The number of ether oxygens (including phenoxy) is 1. The molecule has 29 heavy (non-hydrogen) atoms. The van der Waals surface area contributed by atoms with E-state index >= 15 is 0 Å². The minimum absolute atomic E-state index is 0.116. The van der Waals surface area contributed by atoms with E-state index in [1.54, 1.807) is 0 Å². The van der Waals surface area contributed by atoms with Crippen LogP contribution in [-0.4, -0.2) is 31.9 Å². The SMILES string of the molecule is Cn1c(=O)n(C[C@@H](O)COc2ccccc2F)c(=O)c2ccc(C(F)(F)F)nc21. The average molecular weight is 413 g/mol. The predicted octanol–water partition coefficient (Wildman–Crippen LogP) is 1.69. The monoisotopic (exact) mass is 413 g/mol. The van der Waals surface area contributed by atoms with Gasteiger partial charge in [-0.05, 0) is 24.3 Å². The topological polar surface area (TPSA) is 86.4 Å². The molecule has 1 aromatic carbocycles. The Labute approximate surface area is 160 Å². The maximum Gasteiger partial charge on any atom is 0.433 e. The number of pyridine rings is 1. The van der Waals surface area contributed by atoms with Crippen molar-refractivity contribution in [3.8, 4) is 5.75 Å². The molecule has 0 bridgehead atoms. The first kappa shape index (κ1) is 20.5. The molecule has 7 nitrogen and oxygen atoms in total. The standard InChI is InChI=1S/C18H15F4N3O4/c1-24-15-11(6-7-14(23-15)18(20,21)22)16(27)25(17(24)28)8-10(26)9-29-13-5-3-2-4-12(13)19/h2-7,10,26H,8-9H2,1H3/t10-/m1/s1. The quantitative estimate of drug-likeness (QED) is 0.644. The fourth-order valence-corrected chi connectivity index (χ4v) is 2.71. The van der Waals surface area contributed by atoms with Crippen molar-refractivity contribution in [3.05, 3.63) is 68.7 Å². The summed E-state index contributed by atoms with van der Waals surface area (Å²) < 4.78 is 58.7. The van der Waals surface area contributed by atoms with Gasteiger partial charge < -0.3 is 9.84 Å². The Morgan fingerprint density at radius 3 is 2.52 bits per heavy atom. The highest BCUT2D eigenvalue weighted by atomic mass is 19.4. The number of aromatic nitrogens is 3. The van der Waals surface area contributed by atoms with Gasteiger partial charge in [-0.3, -0.25) is 13.9 Å². The maximum absolute atomic E-state index is 13.5. The van der Waals surface area contributed by atoms with Crippen LogP contribution in [0.5, 0.6) is 5.75 Å². The van der Waals surface area contributed by atoms with Gasteiger partial charge in [0.1, 0.15) is 24.1 Å². The Kier molecular flexibility index (Phi) is 5.42. The number of hydrogen-bond donors (Lipinski definition) is 1. The number of aliphatic hydroxyl groups is 1. The van der Waals surface area contributed by atoms with Crippen LogP contribution in [-0.2, 0) is 19.8 Å². The van der Waals surface area contributed by atoms with Crippen molar-refractivity contribution in [1.29, 1.82) is 0 Å². The number of hydrogen-bond acceptors (Lipinski definition) is 5. The molecule has 0 spiro atoms. The van der Waals surface area contributed by atoms with E-state index in [-0.39, 0.29) is 11.1 Å². The highest BCUT2D eigenvalue weighted by Gasteiger charge is 2.33. The van der Waals surface area contributed by atoms with Gasteiger partial charge in [0.2, 0.25) is 0 Å². The lowest BCUT2D eigenvalue weighted by Gasteiger charge is -2.16. The molecule has 2 heterocycles. The van der Waals surface area contributed by atoms with E-state index in [9.17, 15) is 32.3 Å². The van der Waals surface area contributed by atoms with Gasteiger partial charge in [-0.1, -0.05) is 12.1 Å². The van der Waals surface area contributed by atoms with Crippen LogP contribution < -0.4 is 16.0 Å². The van der Waals surface area contributed by atoms with Crippen molar-refractivity contribution >= 4 is 11.0 Å². The molecule has 3 aromatic rings. The van der Waals surface area contributed by atoms with Crippen LogP contribution in [0.15, 0.2) is 46.0 Å². The summed E-state index contributed by atoms with van der Waals surface area (Å²) in [5.41, 5.74) is -3.54. The number of nitrogens with zero attached hydrogens (tertiary/aromatic N) is 3. The van der Waals surface area contributed by atoms with Crippen molar-refractivity contribution in [2.24, 2.45) is 7.05 Å². The number of aliphatic hydroxyl groups excluding tert-OH is 1. The van der Waals surface area contributed by atoms with Gasteiger partial charge in [0.15, 0.2) is 11.6 Å². The third-order valence-electron chi connectivity index (χ3n) is 4.14. The minimum atomic E-state index is -4.74. The molecule has 1 N–H and O–H groups in total. The second-order valence-corrected chi connectivity index (χ2v) is 6.22. The van der Waals surface area contributed by atoms with Crippen LogP contribution in [0, 0.1) is 5.82 Å². The average Bonchev–Trinajstić information content (AvgIpc) is 2.67. The lowest BCUT2D eigenvalue weighted by molar-refractivity contribution is -0.141. The van der Waals surface area contributed by atoms with Gasteiger partial charge in [-0.15, -0.1) is 0 Å². The summed E-state index contributed by atoms with van der Waals surface area (Å²) in [6, 6.07) is 7.04. The first-order chi connectivity index (χ1) is 13.6. The molecule has 0 saturated heterocycles. The normalized spacial score (nSPS) is 12.9. The zero-order chi connectivity index (χ0) is 21.3. The van der Waals surface area contributed by atoms with E-state index in [0.29, 0.717) is 10.6 Å². The number of alkyl halides is 3. The lowest BCUT2D eigenvalue weighted by Crippen LogP contribution is -2.43. The number of rotatable bonds is 5. The second-order valence-electron chi connectivity index (χ2n) is 6.22. The van der Waals surface area contributed by atoms with Crippen molar-refractivity contribution in [3.63, 3.8) is 0 Å². The van der Waals surface area contributed by atoms with Crippen LogP contribution in [0.25, 0.3) is 11.0 Å². The van der Waals surface area contributed by atoms with Crippen LogP contribution in [0.2, 0.25) is 0 Å². The number of halogens is 4. The smallest absolute Gasteiger partial charge is 0.433 e. The van der Waals surface area contributed by atoms with Crippen molar-refractivity contribution < 1.29 is 27.4 Å². The largest absolute Gasteiger partial charge is 0.488 e. The molecule has 0 amide bonds. The van der Waals surface area contributed by atoms with E-state index in [1.807, 2.05) is 0 Å². The first-order valence-electron chi connectivity index (χ1n) is 8.32. The Bertz CT molecular complexity index is 1170. The Hall–Kier alpha value is -3.21. The predicted molar refractivity (Wildman–Crippen MR) is 94.1 cm³/mol. The Balaban J connectivity index is 1.91. The van der Waals surface area contributed by atoms with Gasteiger partial charge >= 0.3 is 11.9 Å². The van der Waals surface area contributed by atoms with Crippen molar-refractivity contribution in [2.75, 3.05) is 6.61 Å². The van der Waals surface area contributed by atoms with Crippen molar-refractivity contribution in [1.82, 2.24) is 14.1 Å². The summed E-state index contributed by atoms with van der Waals surface area (Å²) in [5, 5.41) is 9.88. The molecule has 1 atom stereocenters. The molecule has 154 valence electrons. The summed E-state index contributed by atoms with van der Waals surface area (Å²) >= 11 is 0. The molecule has 0 radical (unpaired) electrons. The maximum atomic E-state index is 13.5. The molecule has 0 unspecified atom stereocenters. The van der Waals surface area contributed by atoms with E-state index in [1.165, 1.54) is 18.2 Å². The molecule has 11 heteroatoms. The first-order valence-corrected chi connectivity index (χ1v) is 8.32. The van der Waals surface area contributed by atoms with Crippen LogP contribution in [0.4, 0.5) is 17.6 Å². The molecule has 0 saturated carbocycles. The number of para-hydroxylation sites is 1. The second kappa shape index (κ2) is 7.66. The van der Waals surface area contributed by atoms with Crippen LogP contribution in [0.1, 0.15) is 5.69 Å². The molecule has 0 aliphatic heterocycles. The number of aryl methyl sites for hydroxylation is 1. The third-order valence-corrected chi connectivity index (χ3v) is 4.14. The third kappa shape index (κ3) is 4.14. The highest BCUT2D eigenvalue weighted by molar-refractivity contribution is 5.74. The Morgan fingerprint density at radius 2 is 1.86 bits per heavy atom. The Morgan fingerprint density at radius 1 is 1.17 bits per heavy atom. The van der Waals surface area contributed by atoms with E-state index in [4.69, 9.17) is 4.74 Å². The summed E-state index contributed by atoms with van der Waals surface area (Å²) in [6.45, 7) is -0.920. The molecular formula is C18H15F4N3O4. The van der Waals surface area contributed by atoms with Crippen LogP contribution in [0.3, 0.4) is 0 Å². The summed E-state index contributed by atoms with van der Waals surface area (Å²) in [6.07, 6.45) is -6.10.